The lowest BCUT2D eigenvalue weighted by Crippen LogP contribution is -2.16. The molecule has 0 aliphatic rings. The highest BCUT2D eigenvalue weighted by molar-refractivity contribution is 8.23. The summed E-state index contributed by atoms with van der Waals surface area (Å²) >= 11 is 12.0. The molecule has 0 N–H and O–H groups in total. The van der Waals surface area contributed by atoms with E-state index in [4.69, 9.17) is 28.6 Å². The zero-order valence-corrected chi connectivity index (χ0v) is 12.0. The van der Waals surface area contributed by atoms with E-state index in [1.54, 1.807) is 24.3 Å². The van der Waals surface area contributed by atoms with Gasteiger partial charge in [0.15, 0.2) is 5.78 Å². The number of thiocarbonyl (C=S) groups is 1. The standard InChI is InChI=1S/C12H13ClO2S2/c1-3-15-12(16)17-8(2)11(14)9-4-6-10(13)7-5-9/h4-8H,3H2,1-2H3/t8-/m0/s1. The van der Waals surface area contributed by atoms with Crippen molar-refractivity contribution in [3.63, 3.8) is 0 Å². The van der Waals surface area contributed by atoms with Crippen molar-refractivity contribution in [1.29, 1.82) is 0 Å². The third kappa shape index (κ3) is 4.66. The zero-order chi connectivity index (χ0) is 12.8. The number of ether oxygens (including phenoxy) is 1. The maximum atomic E-state index is 12.0. The molecule has 1 rings (SSSR count). The van der Waals surface area contributed by atoms with E-state index in [0.29, 0.717) is 21.6 Å². The van der Waals surface area contributed by atoms with Crippen LogP contribution in [0.2, 0.25) is 5.02 Å². The Bertz CT molecular complexity index is 403. The Hall–Kier alpha value is -0.580. The number of benzene rings is 1. The number of carbonyl (C=O) groups excluding carboxylic acids is 1. The van der Waals surface area contributed by atoms with E-state index < -0.39 is 0 Å². The quantitative estimate of drug-likeness (QED) is 0.619. The average Bonchev–Trinajstić information content (AvgIpc) is 2.29. The second kappa shape index (κ2) is 6.99. The molecule has 0 amide bonds. The van der Waals surface area contributed by atoms with Crippen molar-refractivity contribution in [2.75, 3.05) is 6.61 Å². The van der Waals surface area contributed by atoms with E-state index in [-0.39, 0.29) is 11.0 Å². The Morgan fingerprint density at radius 1 is 1.47 bits per heavy atom. The van der Waals surface area contributed by atoms with Gasteiger partial charge >= 0.3 is 0 Å². The van der Waals surface area contributed by atoms with E-state index in [1.807, 2.05) is 13.8 Å². The van der Waals surface area contributed by atoms with Crippen LogP contribution >= 0.6 is 35.6 Å². The molecule has 17 heavy (non-hydrogen) atoms. The van der Waals surface area contributed by atoms with Crippen LogP contribution in [0, 0.1) is 0 Å². The number of thioether (sulfide) groups is 1. The van der Waals surface area contributed by atoms with Crippen molar-refractivity contribution in [2.45, 2.75) is 19.1 Å². The lowest BCUT2D eigenvalue weighted by molar-refractivity contribution is 0.0994. The molecule has 0 aliphatic heterocycles. The molecule has 0 fully saturated rings. The van der Waals surface area contributed by atoms with Crippen LogP contribution in [0.4, 0.5) is 0 Å². The Morgan fingerprint density at radius 2 is 2.06 bits per heavy atom. The Balaban J connectivity index is 2.63. The first-order valence-electron chi connectivity index (χ1n) is 5.17. The van der Waals surface area contributed by atoms with E-state index >= 15 is 0 Å². The summed E-state index contributed by atoms with van der Waals surface area (Å²) < 4.78 is 5.54. The lowest BCUT2D eigenvalue weighted by Gasteiger charge is -2.11. The van der Waals surface area contributed by atoms with Crippen molar-refractivity contribution in [3.8, 4) is 0 Å². The largest absolute Gasteiger partial charge is 0.479 e. The summed E-state index contributed by atoms with van der Waals surface area (Å²) in [5.41, 5.74) is 0.633. The van der Waals surface area contributed by atoms with Gasteiger partial charge in [-0.15, -0.1) is 0 Å². The van der Waals surface area contributed by atoms with E-state index in [9.17, 15) is 4.79 Å². The van der Waals surface area contributed by atoms with Gasteiger partial charge < -0.3 is 4.74 Å². The highest BCUT2D eigenvalue weighted by atomic mass is 35.5. The second-order valence-electron chi connectivity index (χ2n) is 3.31. The SMILES string of the molecule is CCOC(=S)S[C@@H](C)C(=O)c1ccc(Cl)cc1. The molecule has 0 heterocycles. The van der Waals surface area contributed by atoms with Crippen molar-refractivity contribution in [2.24, 2.45) is 0 Å². The van der Waals surface area contributed by atoms with Gasteiger partial charge in [-0.2, -0.15) is 0 Å². The van der Waals surface area contributed by atoms with Crippen LogP contribution in [0.3, 0.4) is 0 Å². The predicted molar refractivity (Wildman–Crippen MR) is 77.1 cm³/mol. The van der Waals surface area contributed by atoms with Gasteiger partial charge in [0.05, 0.1) is 11.9 Å². The minimum absolute atomic E-state index is 0.0220. The van der Waals surface area contributed by atoms with Gasteiger partial charge in [-0.3, -0.25) is 4.79 Å². The molecular formula is C12H13ClO2S2. The predicted octanol–water partition coefficient (Wildman–Crippen LogP) is 3.97. The Kier molecular flexibility index (Phi) is 5.95. The minimum Gasteiger partial charge on any atom is -0.479 e. The van der Waals surface area contributed by atoms with E-state index in [1.165, 1.54) is 11.8 Å². The first-order valence-corrected chi connectivity index (χ1v) is 6.84. The average molecular weight is 289 g/mol. The van der Waals surface area contributed by atoms with Gasteiger partial charge in [-0.25, -0.2) is 0 Å². The summed E-state index contributed by atoms with van der Waals surface area (Å²) in [6.45, 7) is 4.19. The number of rotatable bonds is 4. The molecule has 0 aliphatic carbocycles. The minimum atomic E-state index is -0.254. The molecule has 5 heteroatoms. The van der Waals surface area contributed by atoms with Gasteiger partial charge in [0.25, 0.3) is 0 Å². The molecule has 0 radical (unpaired) electrons. The first-order chi connectivity index (χ1) is 8.04. The second-order valence-corrected chi connectivity index (χ2v) is 5.69. The fraction of sp³-hybridized carbons (Fsp3) is 0.333. The number of halogens is 1. The van der Waals surface area contributed by atoms with Crippen LogP contribution in [-0.2, 0) is 4.74 Å². The molecule has 0 spiro atoms. The molecule has 92 valence electrons. The summed E-state index contributed by atoms with van der Waals surface area (Å²) in [6.07, 6.45) is 0. The van der Waals surface area contributed by atoms with Crippen LogP contribution in [0.15, 0.2) is 24.3 Å². The van der Waals surface area contributed by atoms with Gasteiger partial charge in [0.1, 0.15) is 0 Å². The highest BCUT2D eigenvalue weighted by Gasteiger charge is 2.18. The van der Waals surface area contributed by atoms with E-state index in [0.717, 1.165) is 0 Å². The fourth-order valence-corrected chi connectivity index (χ4v) is 2.59. The summed E-state index contributed by atoms with van der Waals surface area (Å²) in [7, 11) is 0. The third-order valence-corrected chi connectivity index (χ3v) is 3.57. The molecule has 1 aromatic rings. The van der Waals surface area contributed by atoms with Crippen molar-refractivity contribution in [1.82, 2.24) is 0 Å². The van der Waals surface area contributed by atoms with Crippen molar-refractivity contribution in [3.05, 3.63) is 34.9 Å². The molecule has 0 aromatic heterocycles. The maximum Gasteiger partial charge on any atom is 0.220 e. The number of ketones is 1. The van der Waals surface area contributed by atoms with Gasteiger partial charge in [-0.1, -0.05) is 23.4 Å². The Morgan fingerprint density at radius 3 is 2.59 bits per heavy atom. The van der Waals surface area contributed by atoms with Crippen LogP contribution in [0.25, 0.3) is 0 Å². The Labute approximate surface area is 116 Å². The van der Waals surface area contributed by atoms with Gasteiger partial charge in [-0.05, 0) is 50.3 Å². The smallest absolute Gasteiger partial charge is 0.220 e. The maximum absolute atomic E-state index is 12.0. The lowest BCUT2D eigenvalue weighted by atomic mass is 10.1. The van der Waals surface area contributed by atoms with Gasteiger partial charge in [0.2, 0.25) is 4.38 Å². The summed E-state index contributed by atoms with van der Waals surface area (Å²) in [5, 5.41) is 0.363. The van der Waals surface area contributed by atoms with E-state index in [2.05, 4.69) is 0 Å². The van der Waals surface area contributed by atoms with Crippen LogP contribution in [0.1, 0.15) is 24.2 Å². The molecule has 0 saturated carbocycles. The van der Waals surface area contributed by atoms with Crippen LogP contribution in [0.5, 0.6) is 0 Å². The third-order valence-electron chi connectivity index (χ3n) is 2.03. The topological polar surface area (TPSA) is 26.3 Å². The normalized spacial score (nSPS) is 11.9. The summed E-state index contributed by atoms with van der Waals surface area (Å²) in [6, 6.07) is 6.83. The van der Waals surface area contributed by atoms with Crippen molar-refractivity contribution < 1.29 is 9.53 Å². The molecule has 0 unspecified atom stereocenters. The van der Waals surface area contributed by atoms with Gasteiger partial charge in [0, 0.05) is 10.6 Å². The molecule has 1 atom stereocenters. The number of hydrogen-bond acceptors (Lipinski definition) is 4. The fourth-order valence-electron chi connectivity index (χ4n) is 1.20. The summed E-state index contributed by atoms with van der Waals surface area (Å²) in [5.74, 6) is 0.0220. The number of carbonyl (C=O) groups is 1. The molecule has 1 aromatic carbocycles. The first kappa shape index (κ1) is 14.5. The number of hydrogen-bond donors (Lipinski definition) is 0. The molecule has 0 bridgehead atoms. The monoisotopic (exact) mass is 288 g/mol. The summed E-state index contributed by atoms with van der Waals surface area (Å²) in [4.78, 5) is 12.0. The highest BCUT2D eigenvalue weighted by Crippen LogP contribution is 2.20. The number of Topliss-reactive ketones (excluding diaryl/α,β-unsaturated/α-hetero) is 1. The zero-order valence-electron chi connectivity index (χ0n) is 9.60. The molecular weight excluding hydrogens is 276 g/mol. The van der Waals surface area contributed by atoms with Crippen LogP contribution in [-0.4, -0.2) is 22.0 Å². The van der Waals surface area contributed by atoms with Crippen molar-refractivity contribution >= 4 is 45.7 Å². The molecule has 2 nitrogen and oxygen atoms in total. The van der Waals surface area contributed by atoms with Crippen LogP contribution < -0.4 is 0 Å². The molecule has 0 saturated heterocycles.